The van der Waals surface area contributed by atoms with Crippen molar-refractivity contribution in [2.75, 3.05) is 41.7 Å². The van der Waals surface area contributed by atoms with Gasteiger partial charge < -0.3 is 23.4 Å². The summed E-state index contributed by atoms with van der Waals surface area (Å²) in [5.41, 5.74) is 0. The molecule has 1 saturated carbocycles. The number of halogens is 1. The summed E-state index contributed by atoms with van der Waals surface area (Å²) in [5.74, 6) is 0.723. The molecule has 0 aromatic carbocycles. The number of hydrogen-bond acceptors (Lipinski definition) is 0. The SMILES string of the molecule is C[N-]C.C[N-]C.C[N-]CB(C)C1CCCC1Cl.[CH3-].[Ti+4]. The Bertz CT molecular complexity index is 154. The zero-order valence-electron chi connectivity index (χ0n) is 13.8. The van der Waals surface area contributed by atoms with Gasteiger partial charge in [-0.1, -0.05) is 19.7 Å². The van der Waals surface area contributed by atoms with E-state index < -0.39 is 0 Å². The smallest absolute Gasteiger partial charge is 0.671 e. The Hall–Kier alpha value is 0.949. The average molecular weight is 324 g/mol. The normalized spacial score (nSPS) is 19.7. The minimum Gasteiger partial charge on any atom is -0.671 e. The third kappa shape index (κ3) is 16.9. The van der Waals surface area contributed by atoms with Gasteiger partial charge in [-0.25, -0.2) is 0 Å². The molecule has 112 valence electrons. The second-order valence-electron chi connectivity index (χ2n) is 4.48. The third-order valence-electron chi connectivity index (χ3n) is 2.68. The monoisotopic (exact) mass is 323 g/mol. The molecule has 19 heavy (non-hydrogen) atoms. The van der Waals surface area contributed by atoms with Gasteiger partial charge in [0.25, 0.3) is 0 Å². The van der Waals surface area contributed by atoms with E-state index in [0.29, 0.717) is 12.1 Å². The van der Waals surface area contributed by atoms with Crippen LogP contribution in [-0.4, -0.2) is 53.8 Å². The van der Waals surface area contributed by atoms with Gasteiger partial charge in [0.2, 0.25) is 0 Å². The van der Waals surface area contributed by atoms with Gasteiger partial charge in [0.1, 0.15) is 6.71 Å². The van der Waals surface area contributed by atoms with Gasteiger partial charge in [0.05, 0.1) is 0 Å². The molecule has 0 N–H and O–H groups in total. The average Bonchev–Trinajstić information content (AvgIpc) is 2.67. The van der Waals surface area contributed by atoms with E-state index in [0.717, 1.165) is 12.3 Å². The molecule has 0 radical (unpaired) electrons. The van der Waals surface area contributed by atoms with E-state index in [2.05, 4.69) is 22.8 Å². The van der Waals surface area contributed by atoms with Gasteiger partial charge in [-0.15, -0.1) is 11.6 Å². The number of rotatable bonds is 3. The van der Waals surface area contributed by atoms with Crippen LogP contribution in [0.5, 0.6) is 0 Å². The molecule has 2 atom stereocenters. The van der Waals surface area contributed by atoms with Crippen LogP contribution < -0.4 is 0 Å². The summed E-state index contributed by atoms with van der Waals surface area (Å²) >= 11 is 6.17. The van der Waals surface area contributed by atoms with E-state index in [1.807, 2.05) is 7.05 Å². The molecule has 0 spiro atoms. The zero-order valence-corrected chi connectivity index (χ0v) is 16.1. The molecule has 0 aliphatic heterocycles. The maximum atomic E-state index is 6.17. The van der Waals surface area contributed by atoms with Gasteiger partial charge in [0, 0.05) is 5.38 Å². The van der Waals surface area contributed by atoms with E-state index in [-0.39, 0.29) is 29.1 Å². The molecule has 2 unspecified atom stereocenters. The Morgan fingerprint density at radius 1 is 1.05 bits per heavy atom. The molecule has 0 amide bonds. The van der Waals surface area contributed by atoms with Crippen LogP contribution >= 0.6 is 11.6 Å². The van der Waals surface area contributed by atoms with Crippen molar-refractivity contribution in [2.24, 2.45) is 0 Å². The first kappa shape index (κ1) is 28.2. The molecule has 3 nitrogen and oxygen atoms in total. The van der Waals surface area contributed by atoms with Gasteiger partial charge >= 0.3 is 21.7 Å². The van der Waals surface area contributed by atoms with Crippen LogP contribution in [0, 0.1) is 7.43 Å². The molecule has 0 saturated heterocycles. The first-order valence-electron chi connectivity index (χ1n) is 6.24. The van der Waals surface area contributed by atoms with Gasteiger partial charge in [-0.2, -0.15) is 41.7 Å². The number of nitrogens with zero attached hydrogens (tertiary/aromatic N) is 3. The summed E-state index contributed by atoms with van der Waals surface area (Å²) in [6.07, 6.45) is 4.81. The fraction of sp³-hybridized carbons (Fsp3) is 0.923. The fourth-order valence-electron chi connectivity index (χ4n) is 2.01. The van der Waals surface area contributed by atoms with Crippen molar-refractivity contribution in [3.05, 3.63) is 23.4 Å². The first-order valence-corrected chi connectivity index (χ1v) is 6.68. The second-order valence-corrected chi connectivity index (χ2v) is 5.04. The van der Waals surface area contributed by atoms with Crippen molar-refractivity contribution in [1.82, 2.24) is 0 Å². The van der Waals surface area contributed by atoms with Crippen LogP contribution in [0.4, 0.5) is 0 Å². The van der Waals surface area contributed by atoms with Crippen molar-refractivity contribution >= 4 is 18.3 Å². The van der Waals surface area contributed by atoms with Crippen LogP contribution in [0.1, 0.15) is 19.3 Å². The Morgan fingerprint density at radius 3 is 1.74 bits per heavy atom. The Balaban J connectivity index is -0.000000122. The minimum atomic E-state index is 0. The standard InChI is InChI=1S/C8H16BClN.2C2H6N.CH3.Ti/c1-9(6-11-2)7-4-3-5-8(7)10;2*1-3-2;;/h7-8H,3-6H2,1-2H3;2*1-2H3;1H3;/q4*-1;+4. The molecule has 1 fully saturated rings. The maximum Gasteiger partial charge on any atom is 4.00 e. The second kappa shape index (κ2) is 21.3. The summed E-state index contributed by atoms with van der Waals surface area (Å²) in [6, 6.07) is 0. The van der Waals surface area contributed by atoms with Gasteiger partial charge in [-0.3, -0.25) is 0 Å². The molecule has 1 aliphatic carbocycles. The first-order chi connectivity index (χ1) is 8.08. The van der Waals surface area contributed by atoms with E-state index in [1.54, 1.807) is 28.2 Å². The molecule has 0 aromatic rings. The van der Waals surface area contributed by atoms with Crippen LogP contribution in [-0.2, 0) is 21.7 Å². The van der Waals surface area contributed by atoms with Crippen LogP contribution in [0.15, 0.2) is 0 Å². The van der Waals surface area contributed by atoms with Crippen LogP contribution in [0.2, 0.25) is 12.6 Å². The quantitative estimate of drug-likeness (QED) is 0.417. The minimum absolute atomic E-state index is 0. The molecule has 1 aliphatic rings. The topological polar surface area (TPSA) is 42.3 Å². The summed E-state index contributed by atoms with van der Waals surface area (Å²) < 4.78 is 0. The van der Waals surface area contributed by atoms with Crippen molar-refractivity contribution in [3.63, 3.8) is 0 Å². The van der Waals surface area contributed by atoms with Crippen molar-refractivity contribution in [3.8, 4) is 0 Å². The Kier molecular flexibility index (Phi) is 31.5. The number of hydrogen-bond donors (Lipinski definition) is 0. The van der Waals surface area contributed by atoms with Gasteiger partial charge in [-0.05, 0) is 12.2 Å². The molecule has 1 rings (SSSR count). The molecule has 0 aromatic heterocycles. The van der Waals surface area contributed by atoms with Crippen molar-refractivity contribution in [1.29, 1.82) is 0 Å². The largest absolute Gasteiger partial charge is 4.00 e. The Labute approximate surface area is 142 Å². The molecular weight excluding hydrogens is 292 g/mol. The van der Waals surface area contributed by atoms with E-state index in [1.165, 1.54) is 19.3 Å². The van der Waals surface area contributed by atoms with Crippen molar-refractivity contribution < 1.29 is 21.7 Å². The summed E-state index contributed by atoms with van der Waals surface area (Å²) in [6.45, 7) is 2.95. The van der Waals surface area contributed by atoms with E-state index in [4.69, 9.17) is 11.6 Å². The molecule has 6 heteroatoms. The van der Waals surface area contributed by atoms with E-state index >= 15 is 0 Å². The Morgan fingerprint density at radius 2 is 1.47 bits per heavy atom. The predicted molar refractivity (Wildman–Crippen MR) is 89.8 cm³/mol. The molecule has 0 heterocycles. The molecular formula is C13H31BClN3Ti. The molecule has 0 bridgehead atoms. The van der Waals surface area contributed by atoms with Crippen LogP contribution in [0.25, 0.3) is 16.0 Å². The zero-order chi connectivity index (χ0) is 13.7. The predicted octanol–water partition coefficient (Wildman–Crippen LogP) is 4.50. The summed E-state index contributed by atoms with van der Waals surface area (Å²) in [4.78, 5) is 0. The third-order valence-corrected chi connectivity index (χ3v) is 3.23. The van der Waals surface area contributed by atoms with Crippen molar-refractivity contribution in [2.45, 2.75) is 37.3 Å². The maximum absolute atomic E-state index is 6.17. The van der Waals surface area contributed by atoms with Gasteiger partial charge in [0.15, 0.2) is 0 Å². The summed E-state index contributed by atoms with van der Waals surface area (Å²) in [5, 5.41) is 11.6. The van der Waals surface area contributed by atoms with E-state index in [9.17, 15) is 0 Å². The van der Waals surface area contributed by atoms with Crippen LogP contribution in [0.3, 0.4) is 0 Å². The summed E-state index contributed by atoms with van der Waals surface area (Å²) in [7, 11) is 8.88. The fourth-order valence-corrected chi connectivity index (χ4v) is 2.54. The number of alkyl halides is 1.